The lowest BCUT2D eigenvalue weighted by molar-refractivity contribution is 0.234. The number of nitrogens with one attached hydrogen (secondary N) is 1. The van der Waals surface area contributed by atoms with Gasteiger partial charge in [-0.25, -0.2) is 8.42 Å². The van der Waals surface area contributed by atoms with Gasteiger partial charge in [-0.3, -0.25) is 0 Å². The normalized spacial score (nSPS) is 11.8. The van der Waals surface area contributed by atoms with Crippen molar-refractivity contribution in [3.63, 3.8) is 0 Å². The summed E-state index contributed by atoms with van der Waals surface area (Å²) in [5.41, 5.74) is 0.829. The van der Waals surface area contributed by atoms with Gasteiger partial charge in [-0.15, -0.1) is 0 Å². The molecule has 0 aliphatic carbocycles. The van der Waals surface area contributed by atoms with Crippen LogP contribution >= 0.6 is 0 Å². The minimum absolute atomic E-state index is 0.346. The van der Waals surface area contributed by atoms with Gasteiger partial charge in [0.2, 0.25) is 9.84 Å². The van der Waals surface area contributed by atoms with E-state index >= 15 is 0 Å². The fourth-order valence-corrected chi connectivity index (χ4v) is 2.56. The molecule has 0 heterocycles. The maximum absolute atomic E-state index is 12.4. The largest absolute Gasteiger partial charge is 0.370 e. The van der Waals surface area contributed by atoms with Gasteiger partial charge in [-0.05, 0) is 37.7 Å². The van der Waals surface area contributed by atoms with Crippen molar-refractivity contribution in [1.29, 1.82) is 0 Å². The summed E-state index contributed by atoms with van der Waals surface area (Å²) in [7, 11) is -2.66. The predicted molar refractivity (Wildman–Crippen MR) is 76.1 cm³/mol. The van der Waals surface area contributed by atoms with E-state index in [1.165, 1.54) is 12.1 Å². The zero-order valence-electron chi connectivity index (χ0n) is 11.6. The molecule has 7 heteroatoms. The number of likely N-dealkylation sites (N-methyl/N-ethyl adjacent to an activating group) is 1. The molecule has 0 radical (unpaired) electrons. The van der Waals surface area contributed by atoms with E-state index in [1.54, 1.807) is 12.1 Å². The molecule has 114 valence electrons. The Balaban J connectivity index is 2.93. The minimum Gasteiger partial charge on any atom is -0.370 e. The van der Waals surface area contributed by atoms with E-state index in [9.17, 15) is 17.2 Å². The van der Waals surface area contributed by atoms with Crippen molar-refractivity contribution in [3.05, 3.63) is 24.3 Å². The number of sulfone groups is 1. The first kappa shape index (κ1) is 16.8. The smallest absolute Gasteiger partial charge is 0.341 e. The molecule has 0 spiro atoms. The SMILES string of the molecule is CCCN(CCNC)c1ccc(S(=O)(=O)C(F)F)cc1. The Bertz CT molecular complexity index is 504. The summed E-state index contributed by atoms with van der Waals surface area (Å²) in [5, 5.41) is 3.04. The van der Waals surface area contributed by atoms with Crippen LogP contribution in [0.25, 0.3) is 0 Å². The number of alkyl halides is 2. The quantitative estimate of drug-likeness (QED) is 0.799. The second-order valence-corrected chi connectivity index (χ2v) is 6.31. The lowest BCUT2D eigenvalue weighted by Crippen LogP contribution is -2.31. The van der Waals surface area contributed by atoms with Crippen LogP contribution in [-0.4, -0.2) is 40.9 Å². The first-order valence-corrected chi connectivity index (χ1v) is 7.99. The van der Waals surface area contributed by atoms with Gasteiger partial charge in [0.1, 0.15) is 0 Å². The summed E-state index contributed by atoms with van der Waals surface area (Å²) < 4.78 is 47.6. The van der Waals surface area contributed by atoms with E-state index in [-0.39, 0.29) is 4.90 Å². The molecule has 0 amide bonds. The van der Waals surface area contributed by atoms with Gasteiger partial charge < -0.3 is 10.2 Å². The maximum Gasteiger partial charge on any atom is 0.341 e. The Kier molecular flexibility index (Phi) is 6.35. The number of anilines is 1. The molecule has 0 aliphatic heterocycles. The minimum atomic E-state index is -4.51. The molecule has 0 fully saturated rings. The highest BCUT2D eigenvalue weighted by molar-refractivity contribution is 7.91. The van der Waals surface area contributed by atoms with Gasteiger partial charge in [0, 0.05) is 25.3 Å². The van der Waals surface area contributed by atoms with Crippen molar-refractivity contribution in [2.75, 3.05) is 31.6 Å². The van der Waals surface area contributed by atoms with Crippen molar-refractivity contribution < 1.29 is 17.2 Å². The molecule has 0 unspecified atom stereocenters. The monoisotopic (exact) mass is 306 g/mol. The third-order valence-electron chi connectivity index (χ3n) is 2.89. The molecular weight excluding hydrogens is 286 g/mol. The molecule has 1 N–H and O–H groups in total. The molecule has 0 aliphatic rings. The summed E-state index contributed by atoms with van der Waals surface area (Å²) >= 11 is 0. The molecular formula is C13H20F2N2O2S. The Hall–Kier alpha value is -1.21. The molecule has 0 saturated carbocycles. The average Bonchev–Trinajstić information content (AvgIpc) is 2.43. The molecule has 1 aromatic rings. The van der Waals surface area contributed by atoms with Crippen LogP contribution in [-0.2, 0) is 9.84 Å². The Labute approximate surface area is 118 Å². The fourth-order valence-electron chi connectivity index (χ4n) is 1.84. The number of halogens is 2. The molecule has 0 bridgehead atoms. The molecule has 0 saturated heterocycles. The highest BCUT2D eigenvalue weighted by Gasteiger charge is 2.26. The Morgan fingerprint density at radius 2 is 1.80 bits per heavy atom. The summed E-state index contributed by atoms with van der Waals surface area (Å²) in [6, 6.07) is 5.61. The molecule has 4 nitrogen and oxygen atoms in total. The van der Waals surface area contributed by atoms with E-state index in [1.807, 2.05) is 14.0 Å². The third-order valence-corrected chi connectivity index (χ3v) is 4.29. The van der Waals surface area contributed by atoms with E-state index in [0.29, 0.717) is 0 Å². The zero-order valence-corrected chi connectivity index (χ0v) is 12.5. The van der Waals surface area contributed by atoms with Gasteiger partial charge in [-0.1, -0.05) is 6.92 Å². The fraction of sp³-hybridized carbons (Fsp3) is 0.538. The van der Waals surface area contributed by atoms with Crippen LogP contribution < -0.4 is 10.2 Å². The number of nitrogens with zero attached hydrogens (tertiary/aromatic N) is 1. The number of hydrogen-bond donors (Lipinski definition) is 1. The summed E-state index contributed by atoms with van der Waals surface area (Å²) in [4.78, 5) is 1.73. The van der Waals surface area contributed by atoms with Crippen LogP contribution in [0.5, 0.6) is 0 Å². The maximum atomic E-state index is 12.4. The average molecular weight is 306 g/mol. The van der Waals surface area contributed by atoms with Crippen molar-refractivity contribution >= 4 is 15.5 Å². The van der Waals surface area contributed by atoms with Gasteiger partial charge >= 0.3 is 5.76 Å². The lowest BCUT2D eigenvalue weighted by atomic mass is 10.2. The van der Waals surface area contributed by atoms with Crippen LogP contribution in [0.4, 0.5) is 14.5 Å². The van der Waals surface area contributed by atoms with Gasteiger partial charge in [0.05, 0.1) is 4.90 Å². The summed E-state index contributed by atoms with van der Waals surface area (Å²) in [6.07, 6.45) is 0.945. The van der Waals surface area contributed by atoms with Crippen LogP contribution in [0.1, 0.15) is 13.3 Å². The van der Waals surface area contributed by atoms with E-state index in [4.69, 9.17) is 0 Å². The Morgan fingerprint density at radius 1 is 1.20 bits per heavy atom. The van der Waals surface area contributed by atoms with Gasteiger partial charge in [0.25, 0.3) is 0 Å². The van der Waals surface area contributed by atoms with Crippen LogP contribution in [0, 0.1) is 0 Å². The molecule has 1 rings (SSSR count). The standard InChI is InChI=1S/C13H20F2N2O2S/c1-3-9-17(10-8-16-2)11-4-6-12(7-5-11)20(18,19)13(14)15/h4-7,13,16H,3,8-10H2,1-2H3. The summed E-state index contributed by atoms with van der Waals surface area (Å²) in [5.74, 6) is -3.38. The van der Waals surface area contributed by atoms with E-state index in [2.05, 4.69) is 10.2 Å². The van der Waals surface area contributed by atoms with Crippen LogP contribution in [0.15, 0.2) is 29.2 Å². The highest BCUT2D eigenvalue weighted by atomic mass is 32.2. The molecule has 0 aromatic heterocycles. The molecule has 0 atom stereocenters. The van der Waals surface area contributed by atoms with Crippen molar-refractivity contribution in [2.24, 2.45) is 0 Å². The third kappa shape index (κ3) is 4.14. The van der Waals surface area contributed by atoms with Crippen molar-refractivity contribution in [3.8, 4) is 0 Å². The van der Waals surface area contributed by atoms with Crippen LogP contribution in [0.3, 0.4) is 0 Å². The predicted octanol–water partition coefficient (Wildman–Crippen LogP) is 2.12. The topological polar surface area (TPSA) is 49.4 Å². The molecule has 1 aromatic carbocycles. The van der Waals surface area contributed by atoms with Gasteiger partial charge in [0.15, 0.2) is 0 Å². The first-order chi connectivity index (χ1) is 9.43. The number of benzene rings is 1. The van der Waals surface area contributed by atoms with E-state index < -0.39 is 15.6 Å². The summed E-state index contributed by atoms with van der Waals surface area (Å²) in [6.45, 7) is 4.42. The zero-order chi connectivity index (χ0) is 15.2. The van der Waals surface area contributed by atoms with Crippen LogP contribution in [0.2, 0.25) is 0 Å². The first-order valence-electron chi connectivity index (χ1n) is 6.45. The van der Waals surface area contributed by atoms with E-state index in [0.717, 1.165) is 31.7 Å². The van der Waals surface area contributed by atoms with Crippen molar-refractivity contribution in [1.82, 2.24) is 5.32 Å². The van der Waals surface area contributed by atoms with Gasteiger partial charge in [-0.2, -0.15) is 8.78 Å². The van der Waals surface area contributed by atoms with Crippen molar-refractivity contribution in [2.45, 2.75) is 24.0 Å². The highest BCUT2D eigenvalue weighted by Crippen LogP contribution is 2.22. The number of hydrogen-bond acceptors (Lipinski definition) is 4. The number of rotatable bonds is 8. The lowest BCUT2D eigenvalue weighted by Gasteiger charge is -2.24. The second-order valence-electron chi connectivity index (χ2n) is 4.39. The molecule has 20 heavy (non-hydrogen) atoms. The second kappa shape index (κ2) is 7.54. The Morgan fingerprint density at radius 3 is 2.25 bits per heavy atom.